The molecular weight excluding hydrogens is 380 g/mol. The molecule has 1 aliphatic rings. The Labute approximate surface area is 166 Å². The molecule has 1 aromatic heterocycles. The van der Waals surface area contributed by atoms with Gasteiger partial charge >= 0.3 is 0 Å². The Bertz CT molecular complexity index is 946. The average molecular weight is 398 g/mol. The van der Waals surface area contributed by atoms with Crippen LogP contribution in [-0.4, -0.2) is 53.0 Å². The summed E-state index contributed by atoms with van der Waals surface area (Å²) in [5, 5.41) is 38.7. The van der Waals surface area contributed by atoms with Crippen molar-refractivity contribution in [2.24, 2.45) is 0 Å². The first kappa shape index (κ1) is 19.9. The van der Waals surface area contributed by atoms with Gasteiger partial charge in [0, 0.05) is 11.3 Å². The maximum atomic E-state index is 10.2. The fourth-order valence-corrected chi connectivity index (χ4v) is 3.72. The summed E-state index contributed by atoms with van der Waals surface area (Å²) in [6, 6.07) is 10.9. The third kappa shape index (κ3) is 4.03. The first-order valence-corrected chi connectivity index (χ1v) is 9.40. The van der Waals surface area contributed by atoms with E-state index >= 15 is 0 Å². The van der Waals surface area contributed by atoms with E-state index in [-0.39, 0.29) is 43.4 Å². The Morgan fingerprint density at radius 1 is 1.21 bits per heavy atom. The largest absolute Gasteiger partial charge is 0.491 e. The molecule has 1 aromatic carbocycles. The monoisotopic (exact) mass is 398 g/mol. The number of aromatic nitrogens is 1. The van der Waals surface area contributed by atoms with Crippen LogP contribution in [0.25, 0.3) is 11.1 Å². The van der Waals surface area contributed by atoms with Gasteiger partial charge in [0.15, 0.2) is 0 Å². The van der Waals surface area contributed by atoms with Gasteiger partial charge in [-0.3, -0.25) is 0 Å². The first-order valence-electron chi connectivity index (χ1n) is 8.42. The Kier molecular flexibility index (Phi) is 6.02. The van der Waals surface area contributed by atoms with Gasteiger partial charge in [-0.1, -0.05) is 12.1 Å². The lowest BCUT2D eigenvalue weighted by atomic mass is 9.97. The van der Waals surface area contributed by atoms with E-state index in [9.17, 15) is 15.6 Å². The minimum absolute atomic E-state index is 0.0245. The van der Waals surface area contributed by atoms with E-state index in [1.165, 1.54) is 11.8 Å². The van der Waals surface area contributed by atoms with Crippen LogP contribution in [0.15, 0.2) is 29.3 Å². The second kappa shape index (κ2) is 8.46. The number of nitrogens with zero attached hydrogens (tertiary/aromatic N) is 3. The molecule has 0 amide bonds. The molecule has 0 bridgehead atoms. The number of nitrogens with two attached hydrogens (primary N) is 1. The summed E-state index contributed by atoms with van der Waals surface area (Å²) in [4.78, 5) is 4.21. The summed E-state index contributed by atoms with van der Waals surface area (Å²) >= 11 is 1.21. The Morgan fingerprint density at radius 2 is 1.89 bits per heavy atom. The molecule has 2 aromatic rings. The lowest BCUT2D eigenvalue weighted by molar-refractivity contribution is -0.162. The highest BCUT2D eigenvalue weighted by atomic mass is 32.2. The minimum atomic E-state index is -0.951. The number of hydrogen-bond donors (Lipinski definition) is 3. The van der Waals surface area contributed by atoms with Gasteiger partial charge in [0.05, 0.1) is 25.4 Å². The van der Waals surface area contributed by atoms with Crippen molar-refractivity contribution >= 4 is 17.6 Å². The molecule has 0 aliphatic carbocycles. The highest BCUT2D eigenvalue weighted by molar-refractivity contribution is 7.99. The number of aliphatic hydroxyl groups is 2. The van der Waals surface area contributed by atoms with Crippen LogP contribution in [-0.2, 0) is 4.74 Å². The van der Waals surface area contributed by atoms with E-state index in [1.54, 1.807) is 24.3 Å². The van der Waals surface area contributed by atoms with E-state index in [2.05, 4.69) is 11.1 Å². The Hall–Kier alpha value is -2.82. The lowest BCUT2D eigenvalue weighted by Crippen LogP contribution is -2.51. The van der Waals surface area contributed by atoms with Crippen molar-refractivity contribution in [1.82, 2.24) is 4.98 Å². The quantitative estimate of drug-likeness (QED) is 0.587. The molecule has 0 unspecified atom stereocenters. The summed E-state index contributed by atoms with van der Waals surface area (Å²) in [6.07, 6.45) is 0. The van der Waals surface area contributed by atoms with Crippen molar-refractivity contribution < 1.29 is 19.7 Å². The summed E-state index contributed by atoms with van der Waals surface area (Å²) < 4.78 is 10.4. The maximum Gasteiger partial charge on any atom is 0.143 e. The van der Waals surface area contributed by atoms with Gasteiger partial charge in [0.2, 0.25) is 0 Å². The van der Waals surface area contributed by atoms with E-state index in [1.807, 2.05) is 6.07 Å². The molecule has 2 heterocycles. The standard InChI is InChI=1S/C19H18N4O4S/c20-7-14-16(12-1-3-13(4-2-12)27-6-5-24)15(8-21)18(23-17(14)22)28-11-19(25)9-26-10-19/h1-4,24-25H,5-6,9-11H2,(H2,22,23). The van der Waals surface area contributed by atoms with Crippen LogP contribution in [0.3, 0.4) is 0 Å². The van der Waals surface area contributed by atoms with Gasteiger partial charge in [-0.2, -0.15) is 10.5 Å². The van der Waals surface area contributed by atoms with Gasteiger partial charge in [-0.25, -0.2) is 4.98 Å². The lowest BCUT2D eigenvalue weighted by Gasteiger charge is -2.35. The fraction of sp³-hybridized carbons (Fsp3) is 0.316. The number of nitriles is 2. The van der Waals surface area contributed by atoms with Crippen LogP contribution >= 0.6 is 11.8 Å². The zero-order valence-electron chi connectivity index (χ0n) is 14.9. The highest BCUT2D eigenvalue weighted by Crippen LogP contribution is 2.37. The number of ether oxygens (including phenoxy) is 2. The van der Waals surface area contributed by atoms with Crippen molar-refractivity contribution in [3.63, 3.8) is 0 Å². The Balaban J connectivity index is 2.00. The van der Waals surface area contributed by atoms with Crippen molar-refractivity contribution in [3.8, 4) is 29.0 Å². The predicted octanol–water partition coefficient (Wildman–Crippen LogP) is 1.30. The molecule has 1 saturated heterocycles. The van der Waals surface area contributed by atoms with Crippen LogP contribution in [0.5, 0.6) is 5.75 Å². The third-order valence-electron chi connectivity index (χ3n) is 4.14. The van der Waals surface area contributed by atoms with Crippen molar-refractivity contribution in [2.75, 3.05) is 37.9 Å². The summed E-state index contributed by atoms with van der Waals surface area (Å²) in [5.74, 6) is 0.878. The van der Waals surface area contributed by atoms with Crippen LogP contribution in [0, 0.1) is 22.7 Å². The van der Waals surface area contributed by atoms with Crippen LogP contribution in [0.2, 0.25) is 0 Å². The number of anilines is 1. The number of aliphatic hydroxyl groups excluding tert-OH is 1. The molecule has 3 rings (SSSR count). The number of hydrogen-bond acceptors (Lipinski definition) is 9. The Morgan fingerprint density at radius 3 is 2.43 bits per heavy atom. The van der Waals surface area contributed by atoms with E-state index < -0.39 is 5.60 Å². The molecule has 0 spiro atoms. The van der Waals surface area contributed by atoms with Gasteiger partial charge < -0.3 is 25.4 Å². The molecule has 144 valence electrons. The van der Waals surface area contributed by atoms with Gasteiger partial charge in [-0.05, 0) is 17.7 Å². The van der Waals surface area contributed by atoms with E-state index in [0.29, 0.717) is 27.7 Å². The molecule has 0 atom stereocenters. The molecule has 9 heteroatoms. The van der Waals surface area contributed by atoms with E-state index in [4.69, 9.17) is 20.3 Å². The molecule has 0 saturated carbocycles. The third-order valence-corrected chi connectivity index (χ3v) is 5.39. The predicted molar refractivity (Wildman–Crippen MR) is 103 cm³/mol. The van der Waals surface area contributed by atoms with Gasteiger partial charge in [-0.15, -0.1) is 11.8 Å². The maximum absolute atomic E-state index is 10.2. The summed E-state index contributed by atoms with van der Waals surface area (Å²) in [5.41, 5.74) is 6.39. The normalized spacial score (nSPS) is 14.6. The SMILES string of the molecule is N#Cc1c(N)nc(SCC2(O)COC2)c(C#N)c1-c1ccc(OCCO)cc1. The number of thioether (sulfide) groups is 1. The molecule has 1 fully saturated rings. The van der Waals surface area contributed by atoms with Gasteiger partial charge in [0.1, 0.15) is 46.5 Å². The molecule has 0 radical (unpaired) electrons. The molecular formula is C19H18N4O4S. The second-order valence-corrected chi connectivity index (χ2v) is 7.22. The number of pyridine rings is 1. The zero-order valence-corrected chi connectivity index (χ0v) is 15.7. The zero-order chi connectivity index (χ0) is 20.1. The second-order valence-electron chi connectivity index (χ2n) is 6.25. The summed E-state index contributed by atoms with van der Waals surface area (Å²) in [7, 11) is 0. The first-order chi connectivity index (χ1) is 13.5. The van der Waals surface area contributed by atoms with E-state index in [0.717, 1.165) is 0 Å². The number of nitrogen functional groups attached to an aromatic ring is 1. The highest BCUT2D eigenvalue weighted by Gasteiger charge is 2.36. The average Bonchev–Trinajstić information content (AvgIpc) is 2.69. The minimum Gasteiger partial charge on any atom is -0.491 e. The smallest absolute Gasteiger partial charge is 0.143 e. The van der Waals surface area contributed by atoms with Crippen molar-refractivity contribution in [1.29, 1.82) is 10.5 Å². The van der Waals surface area contributed by atoms with Crippen molar-refractivity contribution in [2.45, 2.75) is 10.6 Å². The van der Waals surface area contributed by atoms with Gasteiger partial charge in [0.25, 0.3) is 0 Å². The number of benzene rings is 1. The summed E-state index contributed by atoms with van der Waals surface area (Å²) in [6.45, 7) is 0.533. The number of rotatable bonds is 7. The molecule has 1 aliphatic heterocycles. The molecule has 8 nitrogen and oxygen atoms in total. The fourth-order valence-electron chi connectivity index (χ4n) is 2.70. The topological polar surface area (TPSA) is 145 Å². The van der Waals surface area contributed by atoms with Crippen LogP contribution in [0.1, 0.15) is 11.1 Å². The molecule has 28 heavy (non-hydrogen) atoms. The van der Waals surface area contributed by atoms with Crippen LogP contribution in [0.4, 0.5) is 5.82 Å². The van der Waals surface area contributed by atoms with Crippen LogP contribution < -0.4 is 10.5 Å². The molecule has 4 N–H and O–H groups in total. The van der Waals surface area contributed by atoms with Crippen molar-refractivity contribution in [3.05, 3.63) is 35.4 Å².